The van der Waals surface area contributed by atoms with Crippen LogP contribution in [-0.2, 0) is 28.6 Å². The molecule has 0 N–H and O–H groups in total. The van der Waals surface area contributed by atoms with Gasteiger partial charge in [0.25, 0.3) is 0 Å². The summed E-state index contributed by atoms with van der Waals surface area (Å²) in [6, 6.07) is 0. The zero-order chi connectivity index (χ0) is 44.4. The van der Waals surface area contributed by atoms with E-state index in [0.29, 0.717) is 19.3 Å². The van der Waals surface area contributed by atoms with E-state index in [4.69, 9.17) is 14.2 Å². The minimum Gasteiger partial charge on any atom is -0.462 e. The third kappa shape index (κ3) is 48.8. The Labute approximate surface area is 379 Å². The molecular weight excluding hydrogens is 757 g/mol. The van der Waals surface area contributed by atoms with Crippen molar-refractivity contribution in [1.29, 1.82) is 0 Å². The van der Waals surface area contributed by atoms with Crippen molar-refractivity contribution < 1.29 is 28.6 Å². The predicted octanol–water partition coefficient (Wildman–Crippen LogP) is 17.5. The molecule has 358 valence electrons. The highest BCUT2D eigenvalue weighted by molar-refractivity contribution is 5.71. The van der Waals surface area contributed by atoms with Crippen LogP contribution >= 0.6 is 0 Å². The summed E-state index contributed by atoms with van der Waals surface area (Å²) in [6.45, 7) is 6.65. The van der Waals surface area contributed by atoms with Crippen LogP contribution in [0.2, 0.25) is 0 Å². The van der Waals surface area contributed by atoms with Gasteiger partial charge in [-0.15, -0.1) is 0 Å². The molecule has 0 saturated carbocycles. The lowest BCUT2D eigenvalue weighted by Gasteiger charge is -2.18. The number of rotatable bonds is 49. The summed E-state index contributed by atoms with van der Waals surface area (Å²) < 4.78 is 16.8. The normalized spacial score (nSPS) is 12.1. The van der Waals surface area contributed by atoms with Gasteiger partial charge in [-0.2, -0.15) is 0 Å². The van der Waals surface area contributed by atoms with E-state index in [2.05, 4.69) is 45.1 Å². The van der Waals surface area contributed by atoms with E-state index < -0.39 is 6.10 Å². The van der Waals surface area contributed by atoms with Gasteiger partial charge < -0.3 is 14.2 Å². The fraction of sp³-hybridized carbons (Fsp3) is 0.873. The van der Waals surface area contributed by atoms with E-state index in [1.807, 2.05) is 0 Å². The van der Waals surface area contributed by atoms with Gasteiger partial charge in [-0.25, -0.2) is 0 Å². The molecule has 0 aliphatic rings. The van der Waals surface area contributed by atoms with E-state index in [0.717, 1.165) is 77.0 Å². The lowest BCUT2D eigenvalue weighted by molar-refractivity contribution is -0.167. The van der Waals surface area contributed by atoms with Crippen molar-refractivity contribution in [2.45, 2.75) is 297 Å². The quantitative estimate of drug-likeness (QED) is 0.0262. The molecule has 0 rings (SSSR count). The molecule has 0 bridgehead atoms. The van der Waals surface area contributed by atoms with Gasteiger partial charge in [-0.3, -0.25) is 14.4 Å². The lowest BCUT2D eigenvalue weighted by Crippen LogP contribution is -2.30. The fourth-order valence-corrected chi connectivity index (χ4v) is 7.91. The maximum atomic E-state index is 12.8. The highest BCUT2D eigenvalue weighted by atomic mass is 16.6. The lowest BCUT2D eigenvalue weighted by atomic mass is 10.0. The Kier molecular flexibility index (Phi) is 48.8. The molecule has 1 atom stereocenters. The highest BCUT2D eigenvalue weighted by Crippen LogP contribution is 2.16. The summed E-state index contributed by atoms with van der Waals surface area (Å²) in [5.74, 6) is -0.872. The molecule has 0 aromatic rings. The first-order valence-electron chi connectivity index (χ1n) is 26.9. The van der Waals surface area contributed by atoms with Crippen molar-refractivity contribution in [3.8, 4) is 0 Å². The summed E-state index contributed by atoms with van der Waals surface area (Å²) in [6.07, 6.45) is 57.3. The van der Waals surface area contributed by atoms with Crippen molar-refractivity contribution in [1.82, 2.24) is 0 Å². The van der Waals surface area contributed by atoms with Crippen molar-refractivity contribution in [2.75, 3.05) is 13.2 Å². The third-order valence-corrected chi connectivity index (χ3v) is 12.0. The van der Waals surface area contributed by atoms with Gasteiger partial charge in [0.05, 0.1) is 0 Å². The molecule has 0 aromatic heterocycles. The minimum atomic E-state index is -0.771. The van der Waals surface area contributed by atoms with Crippen molar-refractivity contribution in [3.63, 3.8) is 0 Å². The van der Waals surface area contributed by atoms with Crippen LogP contribution in [0.4, 0.5) is 0 Å². The summed E-state index contributed by atoms with van der Waals surface area (Å²) in [4.78, 5) is 38.0. The fourth-order valence-electron chi connectivity index (χ4n) is 7.91. The first kappa shape index (κ1) is 58.9. The molecule has 0 radical (unpaired) electrons. The molecule has 0 aliphatic heterocycles. The van der Waals surface area contributed by atoms with Gasteiger partial charge in [0.2, 0.25) is 0 Å². The Bertz CT molecular complexity index is 989. The Morgan fingerprint density at radius 3 is 0.869 bits per heavy atom. The first-order valence-corrected chi connectivity index (χ1v) is 26.9. The topological polar surface area (TPSA) is 78.9 Å². The van der Waals surface area contributed by atoms with Crippen LogP contribution in [0.25, 0.3) is 0 Å². The van der Waals surface area contributed by atoms with E-state index in [-0.39, 0.29) is 31.1 Å². The molecule has 6 heteroatoms. The van der Waals surface area contributed by atoms with E-state index in [1.165, 1.54) is 173 Å². The molecule has 0 spiro atoms. The number of unbranched alkanes of at least 4 members (excludes halogenated alkanes) is 35. The van der Waals surface area contributed by atoms with Crippen LogP contribution in [0.1, 0.15) is 290 Å². The molecule has 0 heterocycles. The average molecular weight is 859 g/mol. The third-order valence-electron chi connectivity index (χ3n) is 12.0. The Balaban J connectivity index is 4.33. The van der Waals surface area contributed by atoms with Crippen LogP contribution in [0, 0.1) is 0 Å². The number of ether oxygens (including phenoxy) is 3. The monoisotopic (exact) mass is 859 g/mol. The predicted molar refractivity (Wildman–Crippen MR) is 261 cm³/mol. The maximum Gasteiger partial charge on any atom is 0.306 e. The molecule has 0 aliphatic carbocycles. The summed E-state index contributed by atoms with van der Waals surface area (Å²) in [5, 5.41) is 0. The number of hydrogen-bond donors (Lipinski definition) is 0. The van der Waals surface area contributed by atoms with Crippen molar-refractivity contribution >= 4 is 17.9 Å². The van der Waals surface area contributed by atoms with Gasteiger partial charge in [0, 0.05) is 19.3 Å². The Morgan fingerprint density at radius 1 is 0.328 bits per heavy atom. The second kappa shape index (κ2) is 50.5. The Hall–Kier alpha value is -2.11. The molecular formula is C55H102O6. The number of carbonyl (C=O) groups is 3. The highest BCUT2D eigenvalue weighted by Gasteiger charge is 2.19. The molecule has 0 fully saturated rings. The largest absolute Gasteiger partial charge is 0.462 e. The second-order valence-electron chi connectivity index (χ2n) is 18.2. The van der Waals surface area contributed by atoms with Gasteiger partial charge in [-0.05, 0) is 44.9 Å². The zero-order valence-electron chi connectivity index (χ0n) is 40.9. The zero-order valence-corrected chi connectivity index (χ0v) is 40.9. The van der Waals surface area contributed by atoms with E-state index >= 15 is 0 Å². The van der Waals surface area contributed by atoms with Crippen LogP contribution in [0.15, 0.2) is 24.3 Å². The number of hydrogen-bond acceptors (Lipinski definition) is 6. The van der Waals surface area contributed by atoms with Crippen molar-refractivity contribution in [3.05, 3.63) is 24.3 Å². The maximum absolute atomic E-state index is 12.8. The van der Waals surface area contributed by atoms with Crippen LogP contribution in [0.5, 0.6) is 0 Å². The van der Waals surface area contributed by atoms with Crippen LogP contribution in [-0.4, -0.2) is 37.2 Å². The molecule has 61 heavy (non-hydrogen) atoms. The molecule has 0 saturated heterocycles. The second-order valence-corrected chi connectivity index (χ2v) is 18.2. The van der Waals surface area contributed by atoms with Gasteiger partial charge in [0.15, 0.2) is 6.10 Å². The van der Waals surface area contributed by atoms with E-state index in [9.17, 15) is 14.4 Å². The number of allylic oxidation sites excluding steroid dienone is 4. The number of esters is 3. The van der Waals surface area contributed by atoms with Gasteiger partial charge >= 0.3 is 17.9 Å². The van der Waals surface area contributed by atoms with Crippen molar-refractivity contribution in [2.24, 2.45) is 0 Å². The van der Waals surface area contributed by atoms with Crippen LogP contribution < -0.4 is 0 Å². The molecule has 6 nitrogen and oxygen atoms in total. The SMILES string of the molecule is CCCCCCCCC/C=C\C=C/CCCCCCCC(=O)OCC(COC(=O)CCCCCCCCCCCCC)OC(=O)CCCCCCCCCCCCCCCC. The summed E-state index contributed by atoms with van der Waals surface area (Å²) in [7, 11) is 0. The average Bonchev–Trinajstić information content (AvgIpc) is 3.26. The minimum absolute atomic E-state index is 0.0714. The molecule has 1 unspecified atom stereocenters. The first-order chi connectivity index (χ1) is 30.0. The smallest absolute Gasteiger partial charge is 0.306 e. The number of carbonyl (C=O) groups excluding carboxylic acids is 3. The Morgan fingerprint density at radius 2 is 0.574 bits per heavy atom. The van der Waals surface area contributed by atoms with Gasteiger partial charge in [0.1, 0.15) is 13.2 Å². The summed E-state index contributed by atoms with van der Waals surface area (Å²) >= 11 is 0. The summed E-state index contributed by atoms with van der Waals surface area (Å²) in [5.41, 5.74) is 0. The van der Waals surface area contributed by atoms with E-state index in [1.54, 1.807) is 0 Å². The van der Waals surface area contributed by atoms with Gasteiger partial charge in [-0.1, -0.05) is 251 Å². The standard InChI is InChI=1S/C55H102O6/c1-4-7-10-13-16-19-22-24-26-27-28-29-31-33-36-39-42-45-48-54(57)60-51-52(50-59-53(56)47-44-41-38-35-32-21-18-15-12-9-6-3)61-55(58)49-46-43-40-37-34-30-25-23-20-17-14-11-8-5-2/h26-29,52H,4-25,30-51H2,1-3H3/b27-26-,29-28-. The molecule has 0 amide bonds. The van der Waals surface area contributed by atoms with Crippen LogP contribution in [0.3, 0.4) is 0 Å². The molecule has 0 aromatic carbocycles.